The zero-order valence-corrected chi connectivity index (χ0v) is 15.9. The van der Waals surface area contributed by atoms with Crippen LogP contribution in [0.15, 0.2) is 48.5 Å². The van der Waals surface area contributed by atoms with Gasteiger partial charge in [0.05, 0.1) is 0 Å². The van der Waals surface area contributed by atoms with Crippen molar-refractivity contribution in [3.8, 4) is 0 Å². The number of halogens is 2. The lowest BCUT2D eigenvalue weighted by atomic mass is 10.0. The van der Waals surface area contributed by atoms with Crippen LogP contribution in [0.2, 0.25) is 5.02 Å². The van der Waals surface area contributed by atoms with E-state index in [9.17, 15) is 23.9 Å². The summed E-state index contributed by atoms with van der Waals surface area (Å²) < 4.78 is 13.4. The predicted molar refractivity (Wildman–Crippen MR) is 102 cm³/mol. The van der Waals surface area contributed by atoms with E-state index in [1.54, 1.807) is 30.3 Å². The number of carbonyl (C=O) groups excluding carboxylic acids is 2. The second kappa shape index (κ2) is 9.85. The second-order valence-corrected chi connectivity index (χ2v) is 6.75. The molecule has 0 aliphatic heterocycles. The monoisotopic (exact) mass is 406 g/mol. The molecule has 148 valence electrons. The van der Waals surface area contributed by atoms with Crippen molar-refractivity contribution in [2.45, 2.75) is 31.8 Å². The van der Waals surface area contributed by atoms with Gasteiger partial charge in [0.1, 0.15) is 17.9 Å². The van der Waals surface area contributed by atoms with E-state index in [0.29, 0.717) is 16.1 Å². The number of carbonyl (C=O) groups is 3. The maximum absolute atomic E-state index is 13.4. The minimum atomic E-state index is -1.21. The van der Waals surface area contributed by atoms with Crippen LogP contribution in [0, 0.1) is 5.82 Å². The molecule has 2 rings (SSSR count). The van der Waals surface area contributed by atoms with Gasteiger partial charge in [-0.15, -0.1) is 0 Å². The predicted octanol–water partition coefficient (Wildman–Crippen LogP) is 2.34. The van der Waals surface area contributed by atoms with Crippen LogP contribution in [-0.4, -0.2) is 35.0 Å². The minimum absolute atomic E-state index is 0.0243. The number of amides is 2. The number of carboxylic acid groups (broad SMARTS) is 1. The van der Waals surface area contributed by atoms with E-state index in [-0.39, 0.29) is 12.8 Å². The fraction of sp³-hybridized carbons (Fsp3) is 0.250. The summed E-state index contributed by atoms with van der Waals surface area (Å²) in [5, 5.41) is 14.9. The largest absolute Gasteiger partial charge is 0.480 e. The van der Waals surface area contributed by atoms with Gasteiger partial charge in [0.2, 0.25) is 11.8 Å². The van der Waals surface area contributed by atoms with Crippen LogP contribution < -0.4 is 10.6 Å². The third-order valence-electron chi connectivity index (χ3n) is 3.99. The van der Waals surface area contributed by atoms with Gasteiger partial charge in [-0.05, 0) is 35.4 Å². The van der Waals surface area contributed by atoms with E-state index in [2.05, 4.69) is 10.6 Å². The number of carboxylic acids is 1. The van der Waals surface area contributed by atoms with Crippen molar-refractivity contribution in [2.24, 2.45) is 0 Å². The molecule has 0 aromatic heterocycles. The molecule has 0 fully saturated rings. The highest BCUT2D eigenvalue weighted by Crippen LogP contribution is 2.12. The smallest absolute Gasteiger partial charge is 0.326 e. The molecule has 28 heavy (non-hydrogen) atoms. The van der Waals surface area contributed by atoms with Gasteiger partial charge in [-0.2, -0.15) is 0 Å². The summed E-state index contributed by atoms with van der Waals surface area (Å²) in [6.07, 6.45) is 0.0709. The summed E-state index contributed by atoms with van der Waals surface area (Å²) in [5.41, 5.74) is 1.18. The first kappa shape index (κ1) is 21.4. The summed E-state index contributed by atoms with van der Waals surface area (Å²) >= 11 is 5.82. The number of hydrogen-bond acceptors (Lipinski definition) is 3. The normalized spacial score (nSPS) is 12.7. The van der Waals surface area contributed by atoms with Crippen LogP contribution in [0.1, 0.15) is 18.1 Å². The average molecular weight is 407 g/mol. The number of benzene rings is 2. The van der Waals surface area contributed by atoms with Crippen LogP contribution in [0.5, 0.6) is 0 Å². The van der Waals surface area contributed by atoms with Gasteiger partial charge in [-0.25, -0.2) is 9.18 Å². The van der Waals surface area contributed by atoms with Crippen LogP contribution in [0.25, 0.3) is 0 Å². The van der Waals surface area contributed by atoms with E-state index >= 15 is 0 Å². The van der Waals surface area contributed by atoms with Gasteiger partial charge in [0.15, 0.2) is 0 Å². The molecule has 8 heteroatoms. The van der Waals surface area contributed by atoms with E-state index in [1.807, 2.05) is 0 Å². The van der Waals surface area contributed by atoms with Crippen molar-refractivity contribution in [3.63, 3.8) is 0 Å². The van der Waals surface area contributed by atoms with Crippen molar-refractivity contribution in [3.05, 3.63) is 70.5 Å². The topological polar surface area (TPSA) is 95.5 Å². The average Bonchev–Trinajstić information content (AvgIpc) is 2.62. The molecular formula is C20H20ClFN2O4. The Bertz CT molecular complexity index is 858. The number of rotatable bonds is 8. The maximum Gasteiger partial charge on any atom is 0.326 e. The van der Waals surface area contributed by atoms with E-state index in [1.165, 1.54) is 25.1 Å². The van der Waals surface area contributed by atoms with Crippen LogP contribution in [0.4, 0.5) is 4.39 Å². The molecule has 6 nitrogen and oxygen atoms in total. The SMILES string of the molecule is CC(=O)N[C@H](Cc1cccc(F)c1)C(=O)N[C@@H](Cc1ccc(Cl)cc1)C(=O)O. The van der Waals surface area contributed by atoms with Crippen LogP contribution in [0.3, 0.4) is 0 Å². The van der Waals surface area contributed by atoms with Crippen molar-refractivity contribution < 1.29 is 23.9 Å². The summed E-state index contributed by atoms with van der Waals surface area (Å²) in [4.78, 5) is 35.7. The van der Waals surface area contributed by atoms with Crippen molar-refractivity contribution in [1.82, 2.24) is 10.6 Å². The molecule has 0 radical (unpaired) electrons. The highest BCUT2D eigenvalue weighted by atomic mass is 35.5. The molecule has 2 atom stereocenters. The Kier molecular flexibility index (Phi) is 7.52. The highest BCUT2D eigenvalue weighted by Gasteiger charge is 2.26. The standard InChI is InChI=1S/C20H20ClFN2O4/c1-12(25)23-17(11-14-3-2-4-16(22)9-14)19(26)24-18(20(27)28)10-13-5-7-15(21)8-6-13/h2-9,17-18H,10-11H2,1H3,(H,23,25)(H,24,26)(H,27,28)/t17-,18+/m1/s1. The molecule has 0 heterocycles. The molecule has 0 saturated carbocycles. The summed E-state index contributed by atoms with van der Waals surface area (Å²) in [6, 6.07) is 9.99. The molecule has 0 aliphatic rings. The lowest BCUT2D eigenvalue weighted by molar-refractivity contribution is -0.142. The van der Waals surface area contributed by atoms with E-state index in [0.717, 1.165) is 0 Å². The molecule has 0 saturated heterocycles. The van der Waals surface area contributed by atoms with Gasteiger partial charge in [-0.1, -0.05) is 35.9 Å². The minimum Gasteiger partial charge on any atom is -0.480 e. The fourth-order valence-electron chi connectivity index (χ4n) is 2.68. The highest BCUT2D eigenvalue weighted by molar-refractivity contribution is 6.30. The van der Waals surface area contributed by atoms with Crippen LogP contribution >= 0.6 is 11.6 Å². The number of nitrogens with one attached hydrogen (secondary N) is 2. The molecule has 0 unspecified atom stereocenters. The first-order valence-electron chi connectivity index (χ1n) is 8.53. The van der Waals surface area contributed by atoms with Gasteiger partial charge in [0.25, 0.3) is 0 Å². The van der Waals surface area contributed by atoms with Crippen molar-refractivity contribution >= 4 is 29.4 Å². The molecule has 0 bridgehead atoms. The first-order valence-corrected chi connectivity index (χ1v) is 8.91. The van der Waals surface area contributed by atoms with Gasteiger partial charge < -0.3 is 15.7 Å². The van der Waals surface area contributed by atoms with Crippen LogP contribution in [-0.2, 0) is 27.2 Å². The Morgan fingerprint density at radius 3 is 2.21 bits per heavy atom. The van der Waals surface area contributed by atoms with Crippen molar-refractivity contribution in [1.29, 1.82) is 0 Å². The Balaban J connectivity index is 2.12. The van der Waals surface area contributed by atoms with Gasteiger partial charge in [-0.3, -0.25) is 9.59 Å². The Morgan fingerprint density at radius 2 is 1.64 bits per heavy atom. The number of aliphatic carboxylic acids is 1. The lowest BCUT2D eigenvalue weighted by Gasteiger charge is -2.21. The van der Waals surface area contributed by atoms with Gasteiger partial charge >= 0.3 is 5.97 Å². The summed E-state index contributed by atoms with van der Waals surface area (Å²) in [7, 11) is 0. The molecule has 3 N–H and O–H groups in total. The number of hydrogen-bond donors (Lipinski definition) is 3. The summed E-state index contributed by atoms with van der Waals surface area (Å²) in [6.45, 7) is 1.24. The summed E-state index contributed by atoms with van der Waals surface area (Å²) in [5.74, 6) is -2.80. The third-order valence-corrected chi connectivity index (χ3v) is 4.24. The first-order chi connectivity index (χ1) is 13.2. The Labute approximate surface area is 166 Å². The quantitative estimate of drug-likeness (QED) is 0.627. The molecule has 2 aromatic carbocycles. The molecule has 0 spiro atoms. The molecular weight excluding hydrogens is 387 g/mol. The maximum atomic E-state index is 13.4. The molecule has 0 aliphatic carbocycles. The van der Waals surface area contributed by atoms with E-state index in [4.69, 9.17) is 11.6 Å². The Hall–Kier alpha value is -2.93. The zero-order chi connectivity index (χ0) is 20.7. The van der Waals surface area contributed by atoms with Gasteiger partial charge in [0, 0.05) is 24.8 Å². The van der Waals surface area contributed by atoms with E-state index < -0.39 is 35.7 Å². The fourth-order valence-corrected chi connectivity index (χ4v) is 2.81. The third kappa shape index (κ3) is 6.66. The lowest BCUT2D eigenvalue weighted by Crippen LogP contribution is -2.52. The van der Waals surface area contributed by atoms with Crippen molar-refractivity contribution in [2.75, 3.05) is 0 Å². The zero-order valence-electron chi connectivity index (χ0n) is 15.1. The molecule has 2 amide bonds. The molecule has 2 aromatic rings. The Morgan fingerprint density at radius 1 is 1.00 bits per heavy atom. The second-order valence-electron chi connectivity index (χ2n) is 6.32.